The molecule has 0 fully saturated rings. The summed E-state index contributed by atoms with van der Waals surface area (Å²) in [6.45, 7) is 6.16. The van der Waals surface area contributed by atoms with Gasteiger partial charge in [-0.1, -0.05) is 13.0 Å². The van der Waals surface area contributed by atoms with E-state index in [0.29, 0.717) is 12.5 Å². The van der Waals surface area contributed by atoms with Crippen molar-refractivity contribution in [2.24, 2.45) is 17.6 Å². The van der Waals surface area contributed by atoms with Gasteiger partial charge in [0.25, 0.3) is 0 Å². The molecule has 0 aliphatic carbocycles. The summed E-state index contributed by atoms with van der Waals surface area (Å²) in [4.78, 5) is 10.8. The SMILES string of the molecule is C=CCCC(C)CC(COC)C(N)C(=O)O. The first-order valence-corrected chi connectivity index (χ1v) is 5.61. The highest BCUT2D eigenvalue weighted by atomic mass is 16.5. The van der Waals surface area contributed by atoms with Crippen LogP contribution in [0, 0.1) is 11.8 Å². The van der Waals surface area contributed by atoms with E-state index in [1.807, 2.05) is 6.08 Å². The van der Waals surface area contributed by atoms with E-state index >= 15 is 0 Å². The van der Waals surface area contributed by atoms with Crippen LogP contribution >= 0.6 is 0 Å². The number of carboxylic acid groups (broad SMARTS) is 1. The number of rotatable bonds is 9. The maximum atomic E-state index is 10.8. The van der Waals surface area contributed by atoms with Crippen molar-refractivity contribution in [1.29, 1.82) is 0 Å². The van der Waals surface area contributed by atoms with Gasteiger partial charge < -0.3 is 15.6 Å². The summed E-state index contributed by atoms with van der Waals surface area (Å²) in [5.41, 5.74) is 5.62. The van der Waals surface area contributed by atoms with Gasteiger partial charge in [-0.3, -0.25) is 4.79 Å². The molecule has 0 aliphatic rings. The van der Waals surface area contributed by atoms with Crippen molar-refractivity contribution >= 4 is 5.97 Å². The number of allylic oxidation sites excluding steroid dienone is 1. The average molecular weight is 229 g/mol. The summed E-state index contributed by atoms with van der Waals surface area (Å²) >= 11 is 0. The molecule has 0 amide bonds. The molecule has 0 aliphatic heterocycles. The van der Waals surface area contributed by atoms with Crippen LogP contribution < -0.4 is 5.73 Å². The van der Waals surface area contributed by atoms with Gasteiger partial charge in [-0.05, 0) is 25.2 Å². The van der Waals surface area contributed by atoms with Crippen molar-refractivity contribution in [2.45, 2.75) is 32.2 Å². The minimum Gasteiger partial charge on any atom is -0.480 e. The molecule has 4 heteroatoms. The van der Waals surface area contributed by atoms with Crippen molar-refractivity contribution in [2.75, 3.05) is 13.7 Å². The first-order valence-electron chi connectivity index (χ1n) is 5.61. The minimum absolute atomic E-state index is 0.123. The van der Waals surface area contributed by atoms with Crippen LogP contribution in [-0.4, -0.2) is 30.8 Å². The molecule has 16 heavy (non-hydrogen) atoms. The fourth-order valence-corrected chi connectivity index (χ4v) is 1.77. The lowest BCUT2D eigenvalue weighted by Crippen LogP contribution is -2.40. The van der Waals surface area contributed by atoms with Gasteiger partial charge in [0.2, 0.25) is 0 Å². The van der Waals surface area contributed by atoms with Crippen LogP contribution in [0.3, 0.4) is 0 Å². The van der Waals surface area contributed by atoms with Crippen molar-refractivity contribution in [3.8, 4) is 0 Å². The van der Waals surface area contributed by atoms with Crippen molar-refractivity contribution in [3.63, 3.8) is 0 Å². The summed E-state index contributed by atoms with van der Waals surface area (Å²) in [6.07, 6.45) is 4.60. The summed E-state index contributed by atoms with van der Waals surface area (Å²) in [6, 6.07) is -0.842. The van der Waals surface area contributed by atoms with Gasteiger partial charge >= 0.3 is 5.97 Å². The van der Waals surface area contributed by atoms with Crippen LogP contribution in [0.5, 0.6) is 0 Å². The Morgan fingerprint density at radius 3 is 2.69 bits per heavy atom. The lowest BCUT2D eigenvalue weighted by Gasteiger charge is -2.23. The van der Waals surface area contributed by atoms with Crippen LogP contribution in [0.15, 0.2) is 12.7 Å². The largest absolute Gasteiger partial charge is 0.480 e. The maximum Gasteiger partial charge on any atom is 0.320 e. The van der Waals surface area contributed by atoms with Gasteiger partial charge in [0.05, 0.1) is 6.61 Å². The fourth-order valence-electron chi connectivity index (χ4n) is 1.77. The molecule has 0 heterocycles. The summed E-state index contributed by atoms with van der Waals surface area (Å²) in [5.74, 6) is -0.649. The first-order chi connectivity index (χ1) is 7.52. The molecule has 3 atom stereocenters. The monoisotopic (exact) mass is 229 g/mol. The molecule has 0 saturated heterocycles. The average Bonchev–Trinajstić information content (AvgIpc) is 2.24. The van der Waals surface area contributed by atoms with Gasteiger partial charge in [-0.2, -0.15) is 0 Å². The summed E-state index contributed by atoms with van der Waals surface area (Å²) in [7, 11) is 1.57. The zero-order valence-corrected chi connectivity index (χ0v) is 10.2. The lowest BCUT2D eigenvalue weighted by molar-refractivity contribution is -0.140. The highest BCUT2D eigenvalue weighted by Crippen LogP contribution is 2.19. The molecule has 3 unspecified atom stereocenters. The molecule has 94 valence electrons. The van der Waals surface area contributed by atoms with E-state index in [-0.39, 0.29) is 5.92 Å². The highest BCUT2D eigenvalue weighted by molar-refractivity contribution is 5.73. The number of methoxy groups -OCH3 is 1. The van der Waals surface area contributed by atoms with E-state index in [1.165, 1.54) is 0 Å². The van der Waals surface area contributed by atoms with E-state index in [4.69, 9.17) is 15.6 Å². The van der Waals surface area contributed by atoms with Crippen molar-refractivity contribution in [3.05, 3.63) is 12.7 Å². The van der Waals surface area contributed by atoms with E-state index in [0.717, 1.165) is 19.3 Å². The molecule has 4 nitrogen and oxygen atoms in total. The Bertz CT molecular complexity index is 218. The third-order valence-electron chi connectivity index (χ3n) is 2.74. The Kier molecular flexibility index (Phi) is 7.85. The molecule has 0 radical (unpaired) electrons. The first kappa shape index (κ1) is 15.1. The Labute approximate surface area is 97.5 Å². The van der Waals surface area contributed by atoms with Crippen LogP contribution in [-0.2, 0) is 9.53 Å². The van der Waals surface area contributed by atoms with E-state index in [9.17, 15) is 4.79 Å². The topological polar surface area (TPSA) is 72.5 Å². The molecule has 0 rings (SSSR count). The van der Waals surface area contributed by atoms with Gasteiger partial charge in [0, 0.05) is 13.0 Å². The quantitative estimate of drug-likeness (QED) is 0.590. The summed E-state index contributed by atoms with van der Waals surface area (Å²) < 4.78 is 5.02. The van der Waals surface area contributed by atoms with E-state index < -0.39 is 12.0 Å². The van der Waals surface area contributed by atoms with Crippen LogP contribution in [0.25, 0.3) is 0 Å². The number of nitrogens with two attached hydrogens (primary N) is 1. The zero-order chi connectivity index (χ0) is 12.6. The molecule has 0 bridgehead atoms. The molecular weight excluding hydrogens is 206 g/mol. The second-order valence-corrected chi connectivity index (χ2v) is 4.29. The molecule has 0 aromatic rings. The smallest absolute Gasteiger partial charge is 0.320 e. The number of carbonyl (C=O) groups is 1. The number of hydrogen-bond donors (Lipinski definition) is 2. The van der Waals surface area contributed by atoms with Gasteiger partial charge in [-0.25, -0.2) is 0 Å². The Morgan fingerprint density at radius 1 is 1.62 bits per heavy atom. The molecule has 3 N–H and O–H groups in total. The number of carboxylic acids is 1. The Hall–Kier alpha value is -0.870. The number of ether oxygens (including phenoxy) is 1. The van der Waals surface area contributed by atoms with Gasteiger partial charge in [0.1, 0.15) is 6.04 Å². The fraction of sp³-hybridized carbons (Fsp3) is 0.750. The van der Waals surface area contributed by atoms with Crippen LogP contribution in [0.1, 0.15) is 26.2 Å². The predicted molar refractivity (Wildman–Crippen MR) is 64.2 cm³/mol. The maximum absolute atomic E-state index is 10.8. The van der Waals surface area contributed by atoms with Crippen molar-refractivity contribution in [1.82, 2.24) is 0 Å². The van der Waals surface area contributed by atoms with Crippen LogP contribution in [0.2, 0.25) is 0 Å². The second kappa shape index (κ2) is 8.30. The van der Waals surface area contributed by atoms with Gasteiger partial charge in [0.15, 0.2) is 0 Å². The predicted octanol–water partition coefficient (Wildman–Crippen LogP) is 1.65. The normalized spacial score (nSPS) is 16.4. The third kappa shape index (κ3) is 5.88. The highest BCUT2D eigenvalue weighted by Gasteiger charge is 2.25. The van der Waals surface area contributed by atoms with Crippen molar-refractivity contribution < 1.29 is 14.6 Å². The minimum atomic E-state index is -0.960. The molecule has 0 saturated carbocycles. The van der Waals surface area contributed by atoms with Gasteiger partial charge in [-0.15, -0.1) is 6.58 Å². The van der Waals surface area contributed by atoms with E-state index in [2.05, 4.69) is 13.5 Å². The third-order valence-corrected chi connectivity index (χ3v) is 2.74. The number of hydrogen-bond acceptors (Lipinski definition) is 3. The number of aliphatic carboxylic acids is 1. The zero-order valence-electron chi connectivity index (χ0n) is 10.2. The molecule has 0 spiro atoms. The Morgan fingerprint density at radius 2 is 2.25 bits per heavy atom. The second-order valence-electron chi connectivity index (χ2n) is 4.29. The van der Waals surface area contributed by atoms with Crippen LogP contribution in [0.4, 0.5) is 0 Å². The Balaban J connectivity index is 4.20. The summed E-state index contributed by atoms with van der Waals surface area (Å²) in [5, 5.41) is 8.87. The molecule has 0 aromatic carbocycles. The molecule has 0 aromatic heterocycles. The standard InChI is InChI=1S/C12H23NO3/c1-4-5-6-9(2)7-10(8-16-3)11(13)12(14)15/h4,9-11H,1,5-8,13H2,2-3H3,(H,14,15). The molecular formula is C12H23NO3. The van der Waals surface area contributed by atoms with E-state index in [1.54, 1.807) is 7.11 Å². The lowest BCUT2D eigenvalue weighted by atomic mass is 9.88.